The molecule has 0 saturated carbocycles. The summed E-state index contributed by atoms with van der Waals surface area (Å²) in [6, 6.07) is 10.9. The molecule has 2 aliphatic rings. The Bertz CT molecular complexity index is 893. The highest BCUT2D eigenvalue weighted by Gasteiger charge is 2.40. The molecule has 1 saturated heterocycles. The first kappa shape index (κ1) is 17.7. The number of fused-ring (bicyclic) bond motifs is 1. The van der Waals surface area contributed by atoms with Crippen LogP contribution >= 0.6 is 11.3 Å². The molecule has 7 heteroatoms. The van der Waals surface area contributed by atoms with E-state index >= 15 is 0 Å². The van der Waals surface area contributed by atoms with Gasteiger partial charge in [-0.1, -0.05) is 36.8 Å². The maximum Gasteiger partial charge on any atom is 0.253 e. The molecule has 0 N–H and O–H groups in total. The summed E-state index contributed by atoms with van der Waals surface area (Å²) in [5, 5.41) is 1.76. The molecule has 0 bridgehead atoms. The summed E-state index contributed by atoms with van der Waals surface area (Å²) in [4.78, 5) is 15.0. The van der Waals surface area contributed by atoms with Crippen LogP contribution in [0.3, 0.4) is 0 Å². The summed E-state index contributed by atoms with van der Waals surface area (Å²) < 4.78 is 27.8. The molecule has 2 aliphatic heterocycles. The van der Waals surface area contributed by atoms with Crippen molar-refractivity contribution in [2.75, 3.05) is 13.1 Å². The summed E-state index contributed by atoms with van der Waals surface area (Å²) in [5.74, 6) is -0.0562. The number of rotatable bonds is 3. The molecule has 1 aromatic heterocycles. The molecule has 1 unspecified atom stereocenters. The highest BCUT2D eigenvalue weighted by molar-refractivity contribution is 7.91. The van der Waals surface area contributed by atoms with Gasteiger partial charge in [0.25, 0.3) is 10.0 Å². The Kier molecular flexibility index (Phi) is 4.86. The van der Waals surface area contributed by atoms with Crippen LogP contribution in [0.5, 0.6) is 0 Å². The maximum absolute atomic E-state index is 13.2. The van der Waals surface area contributed by atoms with Crippen LogP contribution in [-0.4, -0.2) is 42.7 Å². The molecule has 1 fully saturated rings. The average molecular weight is 391 g/mol. The second kappa shape index (κ2) is 7.13. The summed E-state index contributed by atoms with van der Waals surface area (Å²) >= 11 is 1.21. The van der Waals surface area contributed by atoms with Gasteiger partial charge in [-0.3, -0.25) is 4.79 Å². The van der Waals surface area contributed by atoms with Gasteiger partial charge in [0.05, 0.1) is 0 Å². The van der Waals surface area contributed by atoms with E-state index < -0.39 is 16.1 Å². The zero-order valence-electron chi connectivity index (χ0n) is 14.5. The zero-order valence-corrected chi connectivity index (χ0v) is 16.1. The third-order valence-electron chi connectivity index (χ3n) is 5.24. The van der Waals surface area contributed by atoms with Crippen molar-refractivity contribution in [3.63, 3.8) is 0 Å². The van der Waals surface area contributed by atoms with Gasteiger partial charge in [0.1, 0.15) is 10.3 Å². The van der Waals surface area contributed by atoms with Crippen LogP contribution in [0.1, 0.15) is 30.4 Å². The van der Waals surface area contributed by atoms with Gasteiger partial charge in [-0.25, -0.2) is 8.42 Å². The lowest BCUT2D eigenvalue weighted by molar-refractivity contribution is -0.137. The molecule has 3 heterocycles. The molecule has 5 nitrogen and oxygen atoms in total. The van der Waals surface area contributed by atoms with Crippen molar-refractivity contribution in [2.24, 2.45) is 0 Å². The number of sulfonamides is 1. The number of nitrogens with zero attached hydrogens (tertiary/aromatic N) is 2. The first-order valence-electron chi connectivity index (χ1n) is 8.98. The van der Waals surface area contributed by atoms with E-state index in [2.05, 4.69) is 12.1 Å². The fourth-order valence-electron chi connectivity index (χ4n) is 3.86. The monoisotopic (exact) mass is 390 g/mol. The average Bonchev–Trinajstić information content (AvgIpc) is 3.23. The Morgan fingerprint density at radius 1 is 1.04 bits per heavy atom. The fourth-order valence-corrected chi connectivity index (χ4v) is 6.63. The normalized spacial score (nSPS) is 21.4. The van der Waals surface area contributed by atoms with Crippen molar-refractivity contribution < 1.29 is 13.2 Å². The van der Waals surface area contributed by atoms with Crippen molar-refractivity contribution in [3.05, 3.63) is 52.9 Å². The minimum Gasteiger partial charge on any atom is -0.337 e. The SMILES string of the molecule is O=C(C1CCCCN1S(=O)(=O)c1cccs1)N1CCc2ccccc2C1. The number of amides is 1. The summed E-state index contributed by atoms with van der Waals surface area (Å²) in [5.41, 5.74) is 2.44. The van der Waals surface area contributed by atoms with Crippen LogP contribution in [0.25, 0.3) is 0 Å². The van der Waals surface area contributed by atoms with E-state index in [0.717, 1.165) is 24.8 Å². The Labute approximate surface area is 158 Å². The van der Waals surface area contributed by atoms with Gasteiger partial charge in [0.2, 0.25) is 5.91 Å². The van der Waals surface area contributed by atoms with Crippen LogP contribution in [-0.2, 0) is 27.8 Å². The summed E-state index contributed by atoms with van der Waals surface area (Å²) in [7, 11) is -3.61. The number of carbonyl (C=O) groups is 1. The molecule has 2 aromatic rings. The molecule has 4 rings (SSSR count). The smallest absolute Gasteiger partial charge is 0.253 e. The first-order chi connectivity index (χ1) is 12.6. The van der Waals surface area contributed by atoms with Gasteiger partial charge < -0.3 is 4.90 Å². The van der Waals surface area contributed by atoms with Crippen LogP contribution in [0.2, 0.25) is 0 Å². The van der Waals surface area contributed by atoms with Gasteiger partial charge in [-0.05, 0) is 41.8 Å². The van der Waals surface area contributed by atoms with E-state index in [4.69, 9.17) is 0 Å². The number of thiophene rings is 1. The molecule has 0 spiro atoms. The van der Waals surface area contributed by atoms with Gasteiger partial charge >= 0.3 is 0 Å². The van der Waals surface area contributed by atoms with Crippen LogP contribution in [0.15, 0.2) is 46.0 Å². The molecule has 138 valence electrons. The van der Waals surface area contributed by atoms with E-state index in [-0.39, 0.29) is 5.91 Å². The minimum absolute atomic E-state index is 0.0562. The van der Waals surface area contributed by atoms with E-state index in [1.54, 1.807) is 17.5 Å². The van der Waals surface area contributed by atoms with Gasteiger partial charge in [-0.15, -0.1) is 11.3 Å². The summed E-state index contributed by atoms with van der Waals surface area (Å²) in [6.07, 6.45) is 3.11. The third-order valence-corrected chi connectivity index (χ3v) is 8.52. The highest BCUT2D eigenvalue weighted by Crippen LogP contribution is 2.30. The molecule has 0 radical (unpaired) electrons. The van der Waals surface area contributed by atoms with Crippen LogP contribution in [0.4, 0.5) is 0 Å². The van der Waals surface area contributed by atoms with Crippen molar-refractivity contribution in [1.82, 2.24) is 9.21 Å². The van der Waals surface area contributed by atoms with E-state index in [0.29, 0.717) is 30.3 Å². The van der Waals surface area contributed by atoms with Crippen molar-refractivity contribution in [3.8, 4) is 0 Å². The Morgan fingerprint density at radius 2 is 1.85 bits per heavy atom. The van der Waals surface area contributed by atoms with E-state index in [9.17, 15) is 13.2 Å². The molecular weight excluding hydrogens is 368 g/mol. The number of benzene rings is 1. The highest BCUT2D eigenvalue weighted by atomic mass is 32.2. The predicted molar refractivity (Wildman–Crippen MR) is 101 cm³/mol. The lowest BCUT2D eigenvalue weighted by Crippen LogP contribution is -2.53. The third kappa shape index (κ3) is 3.19. The zero-order chi connectivity index (χ0) is 18.1. The molecule has 26 heavy (non-hydrogen) atoms. The standard InChI is InChI=1S/C19H22N2O3S2/c22-19(20-12-10-15-6-1-2-7-16(15)14-20)17-8-3-4-11-21(17)26(23,24)18-9-5-13-25-18/h1-2,5-7,9,13,17H,3-4,8,10-12,14H2. The van der Waals surface area contributed by atoms with Gasteiger partial charge in [0, 0.05) is 19.6 Å². The van der Waals surface area contributed by atoms with Crippen LogP contribution < -0.4 is 0 Å². The van der Waals surface area contributed by atoms with Gasteiger partial charge in [-0.2, -0.15) is 4.31 Å². The van der Waals surface area contributed by atoms with E-state index in [1.165, 1.54) is 21.2 Å². The molecular formula is C19H22N2O3S2. The number of carbonyl (C=O) groups excluding carboxylic acids is 1. The topological polar surface area (TPSA) is 57.7 Å². The number of piperidine rings is 1. The Hall–Kier alpha value is -1.70. The maximum atomic E-state index is 13.2. The lowest BCUT2D eigenvalue weighted by Gasteiger charge is -2.38. The van der Waals surface area contributed by atoms with Crippen molar-refractivity contribution in [1.29, 1.82) is 0 Å². The fraction of sp³-hybridized carbons (Fsp3) is 0.421. The minimum atomic E-state index is -3.61. The van der Waals surface area contributed by atoms with Gasteiger partial charge in [0.15, 0.2) is 0 Å². The summed E-state index contributed by atoms with van der Waals surface area (Å²) in [6.45, 7) is 1.64. The lowest BCUT2D eigenvalue weighted by atomic mass is 9.98. The van der Waals surface area contributed by atoms with E-state index in [1.807, 2.05) is 17.0 Å². The van der Waals surface area contributed by atoms with Crippen molar-refractivity contribution >= 4 is 27.3 Å². The Balaban J connectivity index is 1.58. The largest absolute Gasteiger partial charge is 0.337 e. The number of hydrogen-bond acceptors (Lipinski definition) is 4. The predicted octanol–water partition coefficient (Wildman–Crippen LogP) is 2.88. The van der Waals surface area contributed by atoms with Crippen molar-refractivity contribution in [2.45, 2.75) is 42.5 Å². The molecule has 1 aromatic carbocycles. The molecule has 1 atom stereocenters. The first-order valence-corrected chi connectivity index (χ1v) is 11.3. The second-order valence-corrected chi connectivity index (χ2v) is 9.90. The second-order valence-electron chi connectivity index (χ2n) is 6.84. The molecule has 0 aliphatic carbocycles. The Morgan fingerprint density at radius 3 is 2.62 bits per heavy atom. The van der Waals surface area contributed by atoms with Crippen LogP contribution in [0, 0.1) is 0 Å². The quantitative estimate of drug-likeness (QED) is 0.810. The number of hydrogen-bond donors (Lipinski definition) is 0. The molecule has 1 amide bonds.